The summed E-state index contributed by atoms with van der Waals surface area (Å²) in [5.74, 6) is -2.09. The smallest absolute Gasteiger partial charge is 0.295 e. The third-order valence-electron chi connectivity index (χ3n) is 2.82. The summed E-state index contributed by atoms with van der Waals surface area (Å²) in [5, 5.41) is 13.7. The lowest BCUT2D eigenvalue weighted by molar-refractivity contribution is -0.384. The Kier molecular flexibility index (Phi) is 4.58. The fourth-order valence-corrected chi connectivity index (χ4v) is 1.74. The number of nitro groups is 1. The number of nitrogens with one attached hydrogen (secondary N) is 1. The van der Waals surface area contributed by atoms with Crippen molar-refractivity contribution in [3.63, 3.8) is 0 Å². The number of hydrogen-bond acceptors (Lipinski definition) is 3. The van der Waals surface area contributed by atoms with Crippen molar-refractivity contribution in [3.05, 3.63) is 33.9 Å². The lowest BCUT2D eigenvalue weighted by Gasteiger charge is -2.21. The number of rotatable bonds is 5. The zero-order chi connectivity index (χ0) is 13.9. The fraction of sp³-hybridized carbons (Fsp3) is 0.500. The number of anilines is 1. The highest BCUT2D eigenvalue weighted by Gasteiger charge is 2.21. The highest BCUT2D eigenvalue weighted by molar-refractivity contribution is 5.62. The molecule has 0 amide bonds. The van der Waals surface area contributed by atoms with Crippen molar-refractivity contribution >= 4 is 11.4 Å². The Hall–Kier alpha value is -1.72. The number of halogens is 2. The fourth-order valence-electron chi connectivity index (χ4n) is 1.74. The summed E-state index contributed by atoms with van der Waals surface area (Å²) in [7, 11) is 0. The van der Waals surface area contributed by atoms with Crippen molar-refractivity contribution in [1.29, 1.82) is 0 Å². The monoisotopic (exact) mass is 258 g/mol. The molecular formula is C12H16F2N2O2. The maximum Gasteiger partial charge on any atom is 0.295 e. The van der Waals surface area contributed by atoms with E-state index < -0.39 is 22.2 Å². The van der Waals surface area contributed by atoms with Crippen molar-refractivity contribution in [3.8, 4) is 0 Å². The summed E-state index contributed by atoms with van der Waals surface area (Å²) in [6.45, 7) is 5.82. The van der Waals surface area contributed by atoms with Gasteiger partial charge in [0, 0.05) is 12.1 Å². The molecule has 4 nitrogen and oxygen atoms in total. The average molecular weight is 258 g/mol. The van der Waals surface area contributed by atoms with Crippen LogP contribution in [0.15, 0.2) is 12.1 Å². The van der Waals surface area contributed by atoms with E-state index in [9.17, 15) is 18.9 Å². The lowest BCUT2D eigenvalue weighted by atomic mass is 10.0. The van der Waals surface area contributed by atoms with E-state index in [2.05, 4.69) is 5.32 Å². The van der Waals surface area contributed by atoms with Gasteiger partial charge in [-0.25, -0.2) is 8.78 Å². The molecule has 0 aliphatic carbocycles. The van der Waals surface area contributed by atoms with E-state index in [1.54, 1.807) is 0 Å². The third kappa shape index (κ3) is 3.15. The second-order valence-electron chi connectivity index (χ2n) is 4.44. The minimum atomic E-state index is -1.22. The summed E-state index contributed by atoms with van der Waals surface area (Å²) < 4.78 is 26.1. The first-order valence-corrected chi connectivity index (χ1v) is 5.76. The zero-order valence-electron chi connectivity index (χ0n) is 10.5. The second kappa shape index (κ2) is 5.75. The molecule has 1 aromatic carbocycles. The van der Waals surface area contributed by atoms with Crippen LogP contribution in [0.3, 0.4) is 0 Å². The largest absolute Gasteiger partial charge is 0.376 e. The predicted molar refractivity (Wildman–Crippen MR) is 65.6 cm³/mol. The van der Waals surface area contributed by atoms with Crippen LogP contribution >= 0.6 is 0 Å². The molecule has 1 rings (SSSR count). The first-order chi connectivity index (χ1) is 8.36. The van der Waals surface area contributed by atoms with Gasteiger partial charge in [0.25, 0.3) is 5.69 Å². The van der Waals surface area contributed by atoms with Gasteiger partial charge in [0.1, 0.15) is 5.69 Å². The molecule has 0 radical (unpaired) electrons. The first kappa shape index (κ1) is 14.3. The molecule has 6 heteroatoms. The molecule has 0 aliphatic heterocycles. The van der Waals surface area contributed by atoms with Gasteiger partial charge < -0.3 is 5.32 Å². The molecule has 0 fully saturated rings. The Morgan fingerprint density at radius 2 is 1.89 bits per heavy atom. The van der Waals surface area contributed by atoms with Gasteiger partial charge in [0.15, 0.2) is 11.6 Å². The minimum Gasteiger partial charge on any atom is -0.376 e. The summed E-state index contributed by atoms with van der Waals surface area (Å²) in [6, 6.07) is 1.40. The second-order valence-corrected chi connectivity index (χ2v) is 4.44. The van der Waals surface area contributed by atoms with Crippen LogP contribution in [-0.4, -0.2) is 11.0 Å². The first-order valence-electron chi connectivity index (χ1n) is 5.76. The van der Waals surface area contributed by atoms with Crippen molar-refractivity contribution in [2.75, 3.05) is 5.32 Å². The van der Waals surface area contributed by atoms with Crippen LogP contribution in [0.2, 0.25) is 0 Å². The molecule has 18 heavy (non-hydrogen) atoms. The molecule has 0 heterocycles. The molecule has 1 unspecified atom stereocenters. The van der Waals surface area contributed by atoms with Crippen molar-refractivity contribution in [1.82, 2.24) is 0 Å². The van der Waals surface area contributed by atoms with Crippen LogP contribution in [-0.2, 0) is 0 Å². The molecule has 1 aromatic rings. The molecule has 0 saturated carbocycles. The standard InChI is InChI=1S/C12H16F2N2O2/c1-4-10(7(2)3)15-11-5-8(13)9(14)6-12(11)16(17)18/h5-7,10,15H,4H2,1-3H3. The normalized spacial score (nSPS) is 12.6. The third-order valence-corrected chi connectivity index (χ3v) is 2.82. The SMILES string of the molecule is CCC(Nc1cc(F)c(F)cc1[N+](=O)[O-])C(C)C. The molecular weight excluding hydrogens is 242 g/mol. The van der Waals surface area contributed by atoms with E-state index in [0.717, 1.165) is 12.5 Å². The number of benzene rings is 1. The summed E-state index contributed by atoms with van der Waals surface area (Å²) in [5.41, 5.74) is -0.438. The van der Waals surface area contributed by atoms with Crippen LogP contribution in [0.1, 0.15) is 27.2 Å². The van der Waals surface area contributed by atoms with Crippen LogP contribution in [0.4, 0.5) is 20.2 Å². The summed E-state index contributed by atoms with van der Waals surface area (Å²) >= 11 is 0. The highest BCUT2D eigenvalue weighted by Crippen LogP contribution is 2.29. The van der Waals surface area contributed by atoms with Crippen LogP contribution in [0, 0.1) is 27.7 Å². The molecule has 100 valence electrons. The summed E-state index contributed by atoms with van der Waals surface area (Å²) in [6.07, 6.45) is 0.730. The minimum absolute atomic E-state index is 0.0134. The Balaban J connectivity index is 3.14. The summed E-state index contributed by atoms with van der Waals surface area (Å²) in [4.78, 5) is 10.1. The van der Waals surface area contributed by atoms with E-state index in [4.69, 9.17) is 0 Å². The molecule has 1 atom stereocenters. The van der Waals surface area contributed by atoms with E-state index in [0.29, 0.717) is 6.07 Å². The van der Waals surface area contributed by atoms with Gasteiger partial charge in [0.2, 0.25) is 0 Å². The Morgan fingerprint density at radius 3 is 2.33 bits per heavy atom. The maximum atomic E-state index is 13.1. The van der Waals surface area contributed by atoms with Crippen molar-refractivity contribution in [2.45, 2.75) is 33.2 Å². The molecule has 0 spiro atoms. The van der Waals surface area contributed by atoms with Crippen molar-refractivity contribution < 1.29 is 13.7 Å². The molecule has 0 saturated heterocycles. The number of nitro benzene ring substituents is 1. The number of nitrogens with zero attached hydrogens (tertiary/aromatic N) is 1. The molecule has 0 aromatic heterocycles. The number of hydrogen-bond donors (Lipinski definition) is 1. The maximum absolute atomic E-state index is 13.1. The zero-order valence-corrected chi connectivity index (χ0v) is 10.5. The predicted octanol–water partition coefficient (Wildman–Crippen LogP) is 3.72. The Labute approximate surface area is 104 Å². The van der Waals surface area contributed by atoms with Gasteiger partial charge in [-0.05, 0) is 12.3 Å². The van der Waals surface area contributed by atoms with E-state index in [1.807, 2.05) is 20.8 Å². The molecule has 0 bridgehead atoms. The Bertz CT molecular complexity index is 450. The van der Waals surface area contributed by atoms with Gasteiger partial charge in [-0.1, -0.05) is 20.8 Å². The topological polar surface area (TPSA) is 55.2 Å². The molecule has 0 aliphatic rings. The van der Waals surface area contributed by atoms with Gasteiger partial charge >= 0.3 is 0 Å². The van der Waals surface area contributed by atoms with E-state index >= 15 is 0 Å². The average Bonchev–Trinajstić information content (AvgIpc) is 2.29. The Morgan fingerprint density at radius 1 is 1.33 bits per heavy atom. The van der Waals surface area contributed by atoms with Crippen LogP contribution in [0.25, 0.3) is 0 Å². The van der Waals surface area contributed by atoms with Crippen LogP contribution in [0.5, 0.6) is 0 Å². The quantitative estimate of drug-likeness (QED) is 0.646. The van der Waals surface area contributed by atoms with E-state index in [-0.39, 0.29) is 17.6 Å². The van der Waals surface area contributed by atoms with Crippen LogP contribution < -0.4 is 5.32 Å². The lowest BCUT2D eigenvalue weighted by Crippen LogP contribution is -2.25. The molecule has 1 N–H and O–H groups in total. The van der Waals surface area contributed by atoms with Crippen molar-refractivity contribution in [2.24, 2.45) is 5.92 Å². The van der Waals surface area contributed by atoms with Gasteiger partial charge in [-0.15, -0.1) is 0 Å². The van der Waals surface area contributed by atoms with Gasteiger partial charge in [-0.3, -0.25) is 10.1 Å². The van der Waals surface area contributed by atoms with Gasteiger partial charge in [-0.2, -0.15) is 0 Å². The van der Waals surface area contributed by atoms with Gasteiger partial charge in [0.05, 0.1) is 11.0 Å². The van der Waals surface area contributed by atoms with E-state index in [1.165, 1.54) is 0 Å². The highest BCUT2D eigenvalue weighted by atomic mass is 19.2.